The number of rotatable bonds is 4. The maximum absolute atomic E-state index is 13.6. The highest BCUT2D eigenvalue weighted by atomic mass is 16.2. The van der Waals surface area contributed by atoms with Crippen molar-refractivity contribution in [1.82, 2.24) is 4.98 Å². The summed E-state index contributed by atoms with van der Waals surface area (Å²) in [6, 6.07) is 21.0. The van der Waals surface area contributed by atoms with Crippen molar-refractivity contribution < 1.29 is 14.4 Å². The zero-order valence-electron chi connectivity index (χ0n) is 18.9. The molecule has 0 radical (unpaired) electrons. The third-order valence-electron chi connectivity index (χ3n) is 6.55. The number of nitrogens with zero attached hydrogens (tertiary/aromatic N) is 2. The second-order valence-corrected chi connectivity index (χ2v) is 8.79. The van der Waals surface area contributed by atoms with Gasteiger partial charge in [0.15, 0.2) is 5.78 Å². The maximum Gasteiger partial charge on any atom is 0.232 e. The Hall–Kier alpha value is -4.06. The molecular weight excluding hydrogens is 426 g/mol. The molecule has 34 heavy (non-hydrogen) atoms. The van der Waals surface area contributed by atoms with Crippen molar-refractivity contribution in [3.63, 3.8) is 0 Å². The van der Waals surface area contributed by atoms with E-state index in [-0.39, 0.29) is 35.9 Å². The number of aromatic nitrogens is 1. The minimum absolute atomic E-state index is 0.0117. The van der Waals surface area contributed by atoms with Crippen molar-refractivity contribution >= 4 is 29.0 Å². The number of nitrogens with one attached hydrogen (secondary N) is 1. The molecule has 0 fully saturated rings. The Balaban J connectivity index is 1.60. The van der Waals surface area contributed by atoms with Gasteiger partial charge in [0.25, 0.3) is 0 Å². The van der Waals surface area contributed by atoms with Crippen LogP contribution in [0, 0.1) is 0 Å². The van der Waals surface area contributed by atoms with Crippen LogP contribution in [0.5, 0.6) is 0 Å². The van der Waals surface area contributed by atoms with Crippen LogP contribution in [0.3, 0.4) is 0 Å². The molecule has 0 saturated carbocycles. The van der Waals surface area contributed by atoms with Gasteiger partial charge >= 0.3 is 0 Å². The number of ketones is 1. The van der Waals surface area contributed by atoms with Crippen molar-refractivity contribution in [2.24, 2.45) is 0 Å². The van der Waals surface area contributed by atoms with Gasteiger partial charge in [-0.15, -0.1) is 0 Å². The molecule has 1 N–H and O–H groups in total. The number of benzene rings is 2. The van der Waals surface area contributed by atoms with Crippen molar-refractivity contribution in [2.75, 3.05) is 10.2 Å². The van der Waals surface area contributed by atoms with E-state index >= 15 is 0 Å². The Bertz CT molecular complexity index is 1270. The molecule has 1 aliphatic heterocycles. The van der Waals surface area contributed by atoms with Crippen LogP contribution < -0.4 is 10.2 Å². The van der Waals surface area contributed by atoms with E-state index < -0.39 is 0 Å². The Morgan fingerprint density at radius 1 is 0.882 bits per heavy atom. The lowest BCUT2D eigenvalue weighted by atomic mass is 9.73. The van der Waals surface area contributed by atoms with E-state index in [4.69, 9.17) is 0 Å². The summed E-state index contributed by atoms with van der Waals surface area (Å²) >= 11 is 0. The summed E-state index contributed by atoms with van der Waals surface area (Å²) in [5.41, 5.74) is 4.89. The molecule has 2 unspecified atom stereocenters. The third kappa shape index (κ3) is 4.15. The molecule has 2 heterocycles. The predicted molar refractivity (Wildman–Crippen MR) is 130 cm³/mol. The molecule has 0 bridgehead atoms. The van der Waals surface area contributed by atoms with Crippen LogP contribution in [0.2, 0.25) is 0 Å². The van der Waals surface area contributed by atoms with E-state index in [0.29, 0.717) is 24.2 Å². The fourth-order valence-corrected chi connectivity index (χ4v) is 5.07. The van der Waals surface area contributed by atoms with Crippen molar-refractivity contribution in [2.45, 2.75) is 38.0 Å². The SMILES string of the molecule is CC(=O)Nc1ccc(N2C(=O)CC(c3ccncc3)C3=C2CC(c2ccccc2)CC3=O)cc1. The first-order valence-corrected chi connectivity index (χ1v) is 11.4. The number of amides is 2. The standard InChI is InChI=1S/C28H25N3O3/c1-18(32)30-22-7-9-23(10-8-22)31-25-15-21(19-5-3-2-4-6-19)16-26(33)28(25)24(17-27(31)34)20-11-13-29-14-12-20/h2-14,21,24H,15-17H2,1H3,(H,30,32). The quantitative estimate of drug-likeness (QED) is 0.608. The third-order valence-corrected chi connectivity index (χ3v) is 6.55. The van der Waals surface area contributed by atoms with Gasteiger partial charge < -0.3 is 5.32 Å². The minimum atomic E-state index is -0.273. The Labute approximate surface area is 198 Å². The average Bonchev–Trinajstić information content (AvgIpc) is 2.85. The first-order chi connectivity index (χ1) is 16.5. The van der Waals surface area contributed by atoms with Crippen molar-refractivity contribution in [1.29, 1.82) is 0 Å². The predicted octanol–water partition coefficient (Wildman–Crippen LogP) is 4.96. The molecular formula is C28H25N3O3. The molecule has 0 saturated heterocycles. The van der Waals surface area contributed by atoms with E-state index in [2.05, 4.69) is 10.3 Å². The summed E-state index contributed by atoms with van der Waals surface area (Å²) in [6.07, 6.45) is 4.65. The van der Waals surface area contributed by atoms with Crippen LogP contribution in [0.25, 0.3) is 0 Å². The number of pyridine rings is 1. The molecule has 6 nitrogen and oxygen atoms in total. The van der Waals surface area contributed by atoms with E-state index in [1.165, 1.54) is 6.92 Å². The summed E-state index contributed by atoms with van der Waals surface area (Å²) in [5, 5.41) is 2.75. The molecule has 3 aromatic rings. The maximum atomic E-state index is 13.6. The number of anilines is 2. The number of hydrogen-bond acceptors (Lipinski definition) is 4. The number of allylic oxidation sites excluding steroid dienone is 2. The molecule has 2 aliphatic rings. The lowest BCUT2D eigenvalue weighted by Gasteiger charge is -2.40. The molecule has 170 valence electrons. The first kappa shape index (κ1) is 21.8. The number of Topliss-reactive ketones (excluding diaryl/α,β-unsaturated/α-hetero) is 1. The molecule has 2 atom stereocenters. The summed E-state index contributed by atoms with van der Waals surface area (Å²) in [7, 11) is 0. The Morgan fingerprint density at radius 2 is 1.59 bits per heavy atom. The van der Waals surface area contributed by atoms with E-state index in [1.54, 1.807) is 29.4 Å². The van der Waals surface area contributed by atoms with Crippen LogP contribution in [0.1, 0.15) is 49.1 Å². The largest absolute Gasteiger partial charge is 0.326 e. The average molecular weight is 452 g/mol. The topological polar surface area (TPSA) is 79.4 Å². The van der Waals surface area contributed by atoms with Gasteiger partial charge in [-0.2, -0.15) is 0 Å². The Kier molecular flexibility index (Phi) is 5.80. The smallest absolute Gasteiger partial charge is 0.232 e. The van der Waals surface area contributed by atoms with Gasteiger partial charge in [0.1, 0.15) is 0 Å². The molecule has 1 aromatic heterocycles. The number of carbonyl (C=O) groups excluding carboxylic acids is 3. The van der Waals surface area contributed by atoms with E-state index in [1.807, 2.05) is 54.6 Å². The fourth-order valence-electron chi connectivity index (χ4n) is 5.07. The molecule has 2 aromatic carbocycles. The van der Waals surface area contributed by atoms with Gasteiger partial charge in [0.2, 0.25) is 11.8 Å². The number of hydrogen-bond donors (Lipinski definition) is 1. The summed E-state index contributed by atoms with van der Waals surface area (Å²) in [4.78, 5) is 44.3. The zero-order chi connectivity index (χ0) is 23.7. The highest BCUT2D eigenvalue weighted by Crippen LogP contribution is 2.46. The van der Waals surface area contributed by atoms with Crippen molar-refractivity contribution in [3.05, 3.63) is 102 Å². The van der Waals surface area contributed by atoms with Gasteiger partial charge in [0, 0.05) is 60.7 Å². The van der Waals surface area contributed by atoms with Gasteiger partial charge in [-0.25, -0.2) is 0 Å². The summed E-state index contributed by atoms with van der Waals surface area (Å²) in [6.45, 7) is 1.45. The van der Waals surface area contributed by atoms with Gasteiger partial charge in [-0.3, -0.25) is 24.3 Å². The van der Waals surface area contributed by atoms with Gasteiger partial charge in [0.05, 0.1) is 0 Å². The minimum Gasteiger partial charge on any atom is -0.326 e. The fraction of sp³-hybridized carbons (Fsp3) is 0.214. The van der Waals surface area contributed by atoms with Crippen LogP contribution in [-0.4, -0.2) is 22.6 Å². The van der Waals surface area contributed by atoms with Crippen LogP contribution in [0.4, 0.5) is 11.4 Å². The lowest BCUT2D eigenvalue weighted by molar-refractivity contribution is -0.120. The Morgan fingerprint density at radius 3 is 2.26 bits per heavy atom. The van der Waals surface area contributed by atoms with Crippen LogP contribution >= 0.6 is 0 Å². The summed E-state index contributed by atoms with van der Waals surface area (Å²) < 4.78 is 0. The monoisotopic (exact) mass is 451 g/mol. The van der Waals surface area contributed by atoms with E-state index in [9.17, 15) is 14.4 Å². The normalized spacial score (nSPS) is 20.2. The second kappa shape index (κ2) is 9.06. The molecule has 0 spiro atoms. The highest BCUT2D eigenvalue weighted by molar-refractivity contribution is 6.08. The summed E-state index contributed by atoms with van der Waals surface area (Å²) in [5.74, 6) is -0.378. The molecule has 1 aliphatic carbocycles. The molecule has 5 rings (SSSR count). The van der Waals surface area contributed by atoms with Crippen molar-refractivity contribution in [3.8, 4) is 0 Å². The van der Waals surface area contributed by atoms with Crippen LogP contribution in [0.15, 0.2) is 90.4 Å². The number of carbonyl (C=O) groups is 3. The molecule has 6 heteroatoms. The molecule has 2 amide bonds. The van der Waals surface area contributed by atoms with Gasteiger partial charge in [-0.05, 0) is 59.9 Å². The first-order valence-electron chi connectivity index (χ1n) is 11.4. The zero-order valence-corrected chi connectivity index (χ0v) is 18.9. The van der Waals surface area contributed by atoms with Gasteiger partial charge in [-0.1, -0.05) is 30.3 Å². The lowest BCUT2D eigenvalue weighted by Crippen LogP contribution is -2.41. The van der Waals surface area contributed by atoms with E-state index in [0.717, 1.165) is 22.4 Å². The highest BCUT2D eigenvalue weighted by Gasteiger charge is 2.42. The van der Waals surface area contributed by atoms with Crippen LogP contribution in [-0.2, 0) is 14.4 Å². The second-order valence-electron chi connectivity index (χ2n) is 8.79.